The normalized spacial score (nSPS) is 12.9. The Balaban J connectivity index is 2.58. The van der Waals surface area contributed by atoms with Gasteiger partial charge in [-0.15, -0.1) is 0 Å². The van der Waals surface area contributed by atoms with Crippen LogP contribution in [-0.4, -0.2) is 26.3 Å². The van der Waals surface area contributed by atoms with E-state index in [2.05, 4.69) is 45.1 Å². The van der Waals surface area contributed by atoms with Gasteiger partial charge >= 0.3 is 0 Å². The van der Waals surface area contributed by atoms with Crippen LogP contribution in [0.25, 0.3) is 0 Å². The van der Waals surface area contributed by atoms with E-state index in [-0.39, 0.29) is 6.10 Å². The van der Waals surface area contributed by atoms with Gasteiger partial charge in [0.1, 0.15) is 11.9 Å². The van der Waals surface area contributed by atoms with Crippen LogP contribution in [0.4, 0.5) is 0 Å². The molecular weight excluding hydrogens is 250 g/mol. The van der Waals surface area contributed by atoms with Crippen molar-refractivity contribution in [2.24, 2.45) is 11.8 Å². The van der Waals surface area contributed by atoms with Crippen LogP contribution in [-0.2, 0) is 11.3 Å². The van der Waals surface area contributed by atoms with Gasteiger partial charge in [0.25, 0.3) is 0 Å². The molecule has 1 rings (SSSR count). The molecule has 0 bridgehead atoms. The van der Waals surface area contributed by atoms with Crippen molar-refractivity contribution in [3.05, 3.63) is 29.8 Å². The van der Waals surface area contributed by atoms with E-state index in [1.54, 1.807) is 7.11 Å². The zero-order valence-electron chi connectivity index (χ0n) is 13.5. The summed E-state index contributed by atoms with van der Waals surface area (Å²) < 4.78 is 11.3. The van der Waals surface area contributed by atoms with E-state index in [9.17, 15) is 0 Å². The predicted molar refractivity (Wildman–Crippen MR) is 84.1 cm³/mol. The van der Waals surface area contributed by atoms with Crippen molar-refractivity contribution in [3.8, 4) is 5.75 Å². The van der Waals surface area contributed by atoms with Crippen LogP contribution in [0.2, 0.25) is 0 Å². The molecule has 0 aliphatic carbocycles. The van der Waals surface area contributed by atoms with Gasteiger partial charge in [0.05, 0.1) is 6.61 Å². The second-order valence-electron chi connectivity index (χ2n) is 6.03. The molecule has 0 fully saturated rings. The Hall–Kier alpha value is -1.06. The summed E-state index contributed by atoms with van der Waals surface area (Å²) in [4.78, 5) is 0. The lowest BCUT2D eigenvalue weighted by atomic mass is 10.1. The maximum Gasteiger partial charge on any atom is 0.120 e. The van der Waals surface area contributed by atoms with Gasteiger partial charge in [-0.3, -0.25) is 0 Å². The Morgan fingerprint density at radius 3 is 2.45 bits per heavy atom. The van der Waals surface area contributed by atoms with E-state index in [0.717, 1.165) is 24.4 Å². The maximum atomic E-state index is 6.13. The van der Waals surface area contributed by atoms with Crippen molar-refractivity contribution >= 4 is 0 Å². The van der Waals surface area contributed by atoms with Gasteiger partial charge in [-0.25, -0.2) is 0 Å². The lowest BCUT2D eigenvalue weighted by molar-refractivity contribution is 0.147. The minimum Gasteiger partial charge on any atom is -0.489 e. The average Bonchev–Trinajstić information content (AvgIpc) is 2.38. The molecule has 0 amide bonds. The first kappa shape index (κ1) is 17.0. The van der Waals surface area contributed by atoms with Crippen molar-refractivity contribution in [2.45, 2.75) is 40.4 Å². The molecule has 0 saturated carbocycles. The minimum absolute atomic E-state index is 0.187. The van der Waals surface area contributed by atoms with Crippen LogP contribution >= 0.6 is 0 Å². The number of rotatable bonds is 9. The molecule has 1 aromatic rings. The summed E-state index contributed by atoms with van der Waals surface area (Å²) >= 11 is 0. The Morgan fingerprint density at radius 1 is 1.10 bits per heavy atom. The number of benzene rings is 1. The highest BCUT2D eigenvalue weighted by atomic mass is 16.5. The van der Waals surface area contributed by atoms with Crippen molar-refractivity contribution in [1.82, 2.24) is 5.32 Å². The molecule has 3 heteroatoms. The fourth-order valence-electron chi connectivity index (χ4n) is 1.98. The Kier molecular flexibility index (Phi) is 7.63. The van der Waals surface area contributed by atoms with Crippen LogP contribution in [0.1, 0.15) is 33.3 Å². The molecule has 1 unspecified atom stereocenters. The molecule has 0 spiro atoms. The minimum atomic E-state index is 0.187. The van der Waals surface area contributed by atoms with Gasteiger partial charge in [-0.2, -0.15) is 0 Å². The molecule has 20 heavy (non-hydrogen) atoms. The molecule has 0 radical (unpaired) electrons. The summed E-state index contributed by atoms with van der Waals surface area (Å²) in [6, 6.07) is 8.14. The van der Waals surface area contributed by atoms with E-state index < -0.39 is 0 Å². The van der Waals surface area contributed by atoms with Crippen LogP contribution in [0.3, 0.4) is 0 Å². The molecule has 1 aromatic carbocycles. The monoisotopic (exact) mass is 279 g/mol. The first-order valence-electron chi connectivity index (χ1n) is 7.48. The first-order chi connectivity index (χ1) is 9.52. The summed E-state index contributed by atoms with van der Waals surface area (Å²) in [5.41, 5.74) is 1.14. The highest BCUT2D eigenvalue weighted by molar-refractivity contribution is 5.28. The highest BCUT2D eigenvalue weighted by Gasteiger charge is 2.15. The molecule has 0 aliphatic heterocycles. The van der Waals surface area contributed by atoms with Crippen molar-refractivity contribution < 1.29 is 9.47 Å². The summed E-state index contributed by atoms with van der Waals surface area (Å²) in [5.74, 6) is 2.05. The molecule has 3 nitrogen and oxygen atoms in total. The van der Waals surface area contributed by atoms with E-state index >= 15 is 0 Å². The summed E-state index contributed by atoms with van der Waals surface area (Å²) in [5, 5.41) is 3.48. The van der Waals surface area contributed by atoms with Crippen LogP contribution in [0, 0.1) is 11.8 Å². The average molecular weight is 279 g/mol. The second kappa shape index (κ2) is 8.98. The molecule has 0 aliphatic rings. The summed E-state index contributed by atoms with van der Waals surface area (Å²) in [7, 11) is 1.71. The predicted octanol–water partition coefficient (Wildman–Crippen LogP) is 3.48. The molecule has 0 saturated heterocycles. The number of methoxy groups -OCH3 is 1. The Bertz CT molecular complexity index is 377. The fourth-order valence-corrected chi connectivity index (χ4v) is 1.98. The third-order valence-electron chi connectivity index (χ3n) is 3.14. The van der Waals surface area contributed by atoms with Crippen molar-refractivity contribution in [2.75, 3.05) is 20.2 Å². The summed E-state index contributed by atoms with van der Waals surface area (Å²) in [6.45, 7) is 11.3. The smallest absolute Gasteiger partial charge is 0.120 e. The molecule has 1 N–H and O–H groups in total. The van der Waals surface area contributed by atoms with Gasteiger partial charge in [-0.1, -0.05) is 39.8 Å². The number of hydrogen-bond donors (Lipinski definition) is 1. The van der Waals surface area contributed by atoms with Crippen LogP contribution in [0.15, 0.2) is 24.3 Å². The van der Waals surface area contributed by atoms with E-state index in [1.807, 2.05) is 12.1 Å². The van der Waals surface area contributed by atoms with Crippen LogP contribution < -0.4 is 10.1 Å². The van der Waals surface area contributed by atoms with Crippen molar-refractivity contribution in [3.63, 3.8) is 0 Å². The van der Waals surface area contributed by atoms with E-state index in [0.29, 0.717) is 18.4 Å². The lowest BCUT2D eigenvalue weighted by Crippen LogP contribution is -2.36. The molecular formula is C17H29NO2. The van der Waals surface area contributed by atoms with Gasteiger partial charge < -0.3 is 14.8 Å². The fraction of sp³-hybridized carbons (Fsp3) is 0.647. The molecule has 114 valence electrons. The Labute approximate surface area is 123 Å². The number of ether oxygens (including phenoxy) is 2. The molecule has 0 heterocycles. The SMILES string of the molecule is COCc1cccc(OC(CNCC(C)C)C(C)C)c1. The quantitative estimate of drug-likeness (QED) is 0.750. The molecule has 1 atom stereocenters. The third kappa shape index (κ3) is 6.40. The molecule has 0 aromatic heterocycles. The third-order valence-corrected chi connectivity index (χ3v) is 3.14. The largest absolute Gasteiger partial charge is 0.489 e. The highest BCUT2D eigenvalue weighted by Crippen LogP contribution is 2.18. The number of nitrogens with one attached hydrogen (secondary N) is 1. The first-order valence-corrected chi connectivity index (χ1v) is 7.48. The van der Waals surface area contributed by atoms with Crippen LogP contribution in [0.5, 0.6) is 5.75 Å². The summed E-state index contributed by atoms with van der Waals surface area (Å²) in [6.07, 6.45) is 0.187. The maximum absolute atomic E-state index is 6.13. The van der Waals surface area contributed by atoms with E-state index in [4.69, 9.17) is 9.47 Å². The van der Waals surface area contributed by atoms with Gasteiger partial charge in [-0.05, 0) is 36.1 Å². The second-order valence-corrected chi connectivity index (χ2v) is 6.03. The van der Waals surface area contributed by atoms with E-state index in [1.165, 1.54) is 0 Å². The Morgan fingerprint density at radius 2 is 1.85 bits per heavy atom. The van der Waals surface area contributed by atoms with Gasteiger partial charge in [0.2, 0.25) is 0 Å². The zero-order chi connectivity index (χ0) is 15.0. The number of hydrogen-bond acceptors (Lipinski definition) is 3. The standard InChI is InChI=1S/C17H29NO2/c1-13(2)10-18-11-17(14(3)4)20-16-8-6-7-15(9-16)12-19-5/h6-9,13-14,17-18H,10-12H2,1-5H3. The van der Waals surface area contributed by atoms with Gasteiger partial charge in [0.15, 0.2) is 0 Å². The zero-order valence-corrected chi connectivity index (χ0v) is 13.5. The lowest BCUT2D eigenvalue weighted by Gasteiger charge is -2.24. The van der Waals surface area contributed by atoms with Crippen molar-refractivity contribution in [1.29, 1.82) is 0 Å². The van der Waals surface area contributed by atoms with Gasteiger partial charge in [0, 0.05) is 13.7 Å². The topological polar surface area (TPSA) is 30.5 Å².